The number of benzene rings is 1. The number of carbonyl (C=O) groups is 4. The molecule has 1 aliphatic rings. The molecule has 250 valence electrons. The van der Waals surface area contributed by atoms with Crippen LogP contribution in [0.1, 0.15) is 69.9 Å². The van der Waals surface area contributed by atoms with E-state index in [2.05, 4.69) is 10.5 Å². The molecule has 6 atom stereocenters. The fourth-order valence-corrected chi connectivity index (χ4v) is 7.79. The minimum atomic E-state index is -3.39. The molecule has 1 aliphatic heterocycles. The van der Waals surface area contributed by atoms with Gasteiger partial charge in [0.1, 0.15) is 30.8 Å². The lowest BCUT2D eigenvalue weighted by Crippen LogP contribution is -2.48. The van der Waals surface area contributed by atoms with Gasteiger partial charge in [0.2, 0.25) is 11.8 Å². The van der Waals surface area contributed by atoms with Crippen LogP contribution in [-0.4, -0.2) is 85.6 Å². The van der Waals surface area contributed by atoms with Crippen LogP contribution >= 0.6 is 10.8 Å². The van der Waals surface area contributed by atoms with Crippen LogP contribution in [0.5, 0.6) is 5.88 Å². The van der Waals surface area contributed by atoms with E-state index < -0.39 is 62.3 Å². The zero-order valence-corrected chi connectivity index (χ0v) is 28.0. The van der Waals surface area contributed by atoms with Crippen molar-refractivity contribution in [3.05, 3.63) is 47.2 Å². The highest BCUT2D eigenvalue weighted by Gasteiger charge is 2.45. The number of nitrogens with one attached hydrogen (secondary N) is 1. The molecule has 46 heavy (non-hydrogen) atoms. The van der Waals surface area contributed by atoms with Gasteiger partial charge < -0.3 is 29.0 Å². The number of hydrogen-bond acceptors (Lipinski definition) is 13. The number of carbonyl (C=O) groups excluding carboxylic acids is 4. The zero-order chi connectivity index (χ0) is 34.2. The van der Waals surface area contributed by atoms with Gasteiger partial charge in [-0.05, 0) is 60.3 Å². The van der Waals surface area contributed by atoms with Crippen molar-refractivity contribution in [3.63, 3.8) is 0 Å². The van der Waals surface area contributed by atoms with Crippen LogP contribution in [0.25, 0.3) is 0 Å². The van der Waals surface area contributed by atoms with Crippen LogP contribution in [0.3, 0.4) is 0 Å². The minimum absolute atomic E-state index is 0.0221. The molecule has 1 saturated heterocycles. The molecule has 2 amide bonds. The lowest BCUT2D eigenvalue weighted by molar-refractivity contribution is -0.141. The molecular weight excluding hydrogens is 640 g/mol. The summed E-state index contributed by atoms with van der Waals surface area (Å²) in [6.45, 7) is 8.08. The number of aldehydes is 1. The van der Waals surface area contributed by atoms with Crippen molar-refractivity contribution in [1.29, 1.82) is 5.26 Å². The highest BCUT2D eigenvalue weighted by Crippen LogP contribution is 2.33. The second-order valence-corrected chi connectivity index (χ2v) is 16.0. The third-order valence-corrected chi connectivity index (χ3v) is 10.3. The number of hydrogen-bond donors (Lipinski definition) is 1. The molecule has 0 bridgehead atoms. The number of nitriles is 1. The average Bonchev–Trinajstić information content (AvgIpc) is 3.62. The molecule has 0 aliphatic carbocycles. The normalized spacial score (nSPS) is 19.0. The zero-order valence-electron chi connectivity index (χ0n) is 26.4. The van der Waals surface area contributed by atoms with Gasteiger partial charge in [-0.3, -0.25) is 14.4 Å². The van der Waals surface area contributed by atoms with Crippen molar-refractivity contribution >= 4 is 43.9 Å². The minimum Gasteiger partial charge on any atom is -0.468 e. The Labute approximate surface area is 271 Å². The van der Waals surface area contributed by atoms with Crippen molar-refractivity contribution in [2.45, 2.75) is 76.5 Å². The Kier molecular flexibility index (Phi) is 12.6. The Balaban J connectivity index is 1.82. The maximum absolute atomic E-state index is 14.1. The van der Waals surface area contributed by atoms with Gasteiger partial charge in [0.05, 0.1) is 29.5 Å². The van der Waals surface area contributed by atoms with E-state index in [9.17, 15) is 27.6 Å². The van der Waals surface area contributed by atoms with E-state index in [4.69, 9.17) is 24.0 Å². The second kappa shape index (κ2) is 15.9. The summed E-state index contributed by atoms with van der Waals surface area (Å²) in [6, 6.07) is 8.63. The van der Waals surface area contributed by atoms with Crippen LogP contribution in [0.15, 0.2) is 34.9 Å². The third-order valence-electron chi connectivity index (χ3n) is 7.32. The first-order valence-electron chi connectivity index (χ1n) is 14.5. The van der Waals surface area contributed by atoms with E-state index in [0.29, 0.717) is 22.6 Å². The Morgan fingerprint density at radius 1 is 1.20 bits per heavy atom. The number of amides is 2. The summed E-state index contributed by atoms with van der Waals surface area (Å²) in [5.74, 6) is -2.00. The summed E-state index contributed by atoms with van der Waals surface area (Å²) in [6.07, 6.45) is -1.24. The Hall–Kier alpha value is -4.10. The standard InChI is InChI=1S/C30H38N4O10S2/c1-17(2)27(25-14-26(33-44-25)41-12-11-35)29(37)34-16-23(43-30(38)42-19(4)20(5)45-46(6,39)40)13-24(34)28(36)32-18(3)22-9-7-21(15-31)8-10-22/h7-11,14,17-20,23-24,27H,12-13,16H2,1-6H3,(H,32,36)/t18-,19?,20?,23+,24-,27?/m0/s1. The molecule has 16 heteroatoms. The van der Waals surface area contributed by atoms with E-state index in [0.717, 1.165) is 11.8 Å². The molecular formula is C30H38N4O10S2. The van der Waals surface area contributed by atoms with Gasteiger partial charge in [0.15, 0.2) is 20.9 Å². The van der Waals surface area contributed by atoms with Crippen LogP contribution in [-0.2, 0) is 32.7 Å². The number of ether oxygens (including phenoxy) is 3. The number of aromatic nitrogens is 1. The summed E-state index contributed by atoms with van der Waals surface area (Å²) in [5, 5.41) is 15.2. The molecule has 1 aromatic heterocycles. The van der Waals surface area contributed by atoms with Gasteiger partial charge in [-0.15, -0.1) is 0 Å². The average molecular weight is 679 g/mol. The monoisotopic (exact) mass is 678 g/mol. The SMILES string of the molecule is CC(C)C(C(=O)N1C[C@H](OC(=O)OC(C)C(C)SS(C)(=O)=O)C[C@H]1C(=O)N[C@@H](C)c1ccc(C#N)cc1)c1cc(OCC=O)no1. The Morgan fingerprint density at radius 2 is 1.87 bits per heavy atom. The molecule has 3 rings (SSSR count). The van der Waals surface area contributed by atoms with E-state index in [1.165, 1.54) is 17.9 Å². The summed E-state index contributed by atoms with van der Waals surface area (Å²) in [7, 11) is -2.74. The fourth-order valence-electron chi connectivity index (χ4n) is 4.90. The van der Waals surface area contributed by atoms with Crippen molar-refractivity contribution in [1.82, 2.24) is 15.4 Å². The predicted octanol–water partition coefficient (Wildman–Crippen LogP) is 3.33. The van der Waals surface area contributed by atoms with Gasteiger partial charge in [-0.25, -0.2) is 13.2 Å². The van der Waals surface area contributed by atoms with Crippen LogP contribution < -0.4 is 10.1 Å². The van der Waals surface area contributed by atoms with Crippen molar-refractivity contribution < 1.29 is 46.3 Å². The molecule has 1 aromatic carbocycles. The maximum atomic E-state index is 14.1. The smallest absolute Gasteiger partial charge is 0.468 e. The lowest BCUT2D eigenvalue weighted by Gasteiger charge is -2.29. The highest BCUT2D eigenvalue weighted by atomic mass is 33.1. The third kappa shape index (κ3) is 9.95. The topological polar surface area (TPSA) is 195 Å². The fraction of sp³-hybridized carbons (Fsp3) is 0.533. The highest BCUT2D eigenvalue weighted by molar-refractivity contribution is 8.72. The summed E-state index contributed by atoms with van der Waals surface area (Å²) in [4.78, 5) is 52.5. The van der Waals surface area contributed by atoms with E-state index in [1.807, 2.05) is 6.07 Å². The quantitative estimate of drug-likeness (QED) is 0.174. The van der Waals surface area contributed by atoms with Crippen LogP contribution in [0, 0.1) is 17.2 Å². The Bertz CT molecular complexity index is 1540. The van der Waals surface area contributed by atoms with E-state index in [-0.39, 0.29) is 37.1 Å². The molecule has 1 N–H and O–H groups in total. The molecule has 2 heterocycles. The predicted molar refractivity (Wildman–Crippen MR) is 166 cm³/mol. The van der Waals surface area contributed by atoms with Gasteiger partial charge >= 0.3 is 6.16 Å². The molecule has 0 radical (unpaired) electrons. The van der Waals surface area contributed by atoms with E-state index >= 15 is 0 Å². The molecule has 2 aromatic rings. The van der Waals surface area contributed by atoms with Crippen molar-refractivity contribution in [2.75, 3.05) is 19.4 Å². The van der Waals surface area contributed by atoms with E-state index in [1.54, 1.807) is 52.0 Å². The lowest BCUT2D eigenvalue weighted by atomic mass is 9.91. The van der Waals surface area contributed by atoms with Gasteiger partial charge in [-0.2, -0.15) is 5.26 Å². The Morgan fingerprint density at radius 3 is 2.46 bits per heavy atom. The molecule has 0 saturated carbocycles. The van der Waals surface area contributed by atoms with Gasteiger partial charge in [0, 0.05) is 18.7 Å². The molecule has 3 unspecified atom stereocenters. The number of nitrogens with zero attached hydrogens (tertiary/aromatic N) is 3. The summed E-state index contributed by atoms with van der Waals surface area (Å²) >= 11 is 0. The number of likely N-dealkylation sites (tertiary alicyclic amines) is 1. The maximum Gasteiger partial charge on any atom is 0.508 e. The molecule has 1 fully saturated rings. The van der Waals surface area contributed by atoms with Crippen molar-refractivity contribution in [3.8, 4) is 11.9 Å². The first-order valence-corrected chi connectivity index (χ1v) is 17.8. The molecule has 0 spiro atoms. The molecule has 14 nitrogen and oxygen atoms in total. The largest absolute Gasteiger partial charge is 0.508 e. The first-order chi connectivity index (χ1) is 21.6. The van der Waals surface area contributed by atoms with Crippen molar-refractivity contribution in [2.24, 2.45) is 5.92 Å². The van der Waals surface area contributed by atoms with Gasteiger partial charge in [-0.1, -0.05) is 26.0 Å². The number of rotatable bonds is 14. The second-order valence-electron chi connectivity index (χ2n) is 11.3. The summed E-state index contributed by atoms with van der Waals surface area (Å²) in [5.41, 5.74) is 1.20. The van der Waals surface area contributed by atoms with Crippen LogP contribution in [0.4, 0.5) is 4.79 Å². The summed E-state index contributed by atoms with van der Waals surface area (Å²) < 4.78 is 44.7. The first kappa shape index (κ1) is 36.4. The van der Waals surface area contributed by atoms with Gasteiger partial charge in [0.25, 0.3) is 5.88 Å². The van der Waals surface area contributed by atoms with Crippen LogP contribution in [0.2, 0.25) is 0 Å².